The normalized spacial score (nSPS) is 10.9. The van der Waals surface area contributed by atoms with E-state index >= 15 is 0 Å². The summed E-state index contributed by atoms with van der Waals surface area (Å²) in [7, 11) is 1.48. The van der Waals surface area contributed by atoms with Crippen molar-refractivity contribution in [2.45, 2.75) is 0 Å². The number of hydrogen-bond acceptors (Lipinski definition) is 7. The van der Waals surface area contributed by atoms with Crippen molar-refractivity contribution in [2.75, 3.05) is 10.6 Å². The minimum absolute atomic E-state index is 0.0598. The molecular weight excluding hydrogens is 474 g/mol. The van der Waals surface area contributed by atoms with Crippen molar-refractivity contribution in [2.24, 2.45) is 7.05 Å². The first kappa shape index (κ1) is 22.5. The summed E-state index contributed by atoms with van der Waals surface area (Å²) in [6, 6.07) is 8.04. The van der Waals surface area contributed by atoms with Gasteiger partial charge in [-0.1, -0.05) is 0 Å². The Morgan fingerprint density at radius 2 is 1.31 bits per heavy atom. The van der Waals surface area contributed by atoms with E-state index in [0.717, 1.165) is 12.1 Å². The van der Waals surface area contributed by atoms with E-state index in [1.54, 1.807) is 0 Å². The number of nitrogens with one attached hydrogen (secondary N) is 2. The fourth-order valence-corrected chi connectivity index (χ4v) is 3.47. The average Bonchev–Trinajstić information content (AvgIpc) is 3.61. The number of carbonyl (C=O) groups is 2. The van der Waals surface area contributed by atoms with Crippen molar-refractivity contribution in [1.82, 2.24) is 39.3 Å². The van der Waals surface area contributed by atoms with Crippen LogP contribution in [0, 0.1) is 11.6 Å². The van der Waals surface area contributed by atoms with E-state index in [2.05, 4.69) is 35.9 Å². The van der Waals surface area contributed by atoms with Gasteiger partial charge in [0.05, 0.1) is 11.8 Å². The highest BCUT2D eigenvalue weighted by Crippen LogP contribution is 2.21. The predicted octanol–water partition coefficient (Wildman–Crippen LogP) is 2.36. The number of benzene rings is 2. The molecule has 0 aliphatic rings. The molecule has 0 aliphatic carbocycles. The van der Waals surface area contributed by atoms with Crippen molar-refractivity contribution in [3.05, 3.63) is 90.8 Å². The second kappa shape index (κ2) is 9.17. The summed E-state index contributed by atoms with van der Waals surface area (Å²) in [5.74, 6) is -2.66. The molecule has 2 amide bonds. The molecule has 3 aromatic heterocycles. The van der Waals surface area contributed by atoms with Gasteiger partial charge in [0, 0.05) is 18.4 Å². The van der Waals surface area contributed by atoms with Gasteiger partial charge in [0.25, 0.3) is 11.8 Å². The largest absolute Gasteiger partial charge is 0.322 e. The molecule has 14 heteroatoms. The molecule has 0 atom stereocenters. The summed E-state index contributed by atoms with van der Waals surface area (Å²) in [6.07, 6.45) is 6.42. The molecule has 0 radical (unpaired) electrons. The van der Waals surface area contributed by atoms with Crippen LogP contribution in [-0.4, -0.2) is 51.1 Å². The van der Waals surface area contributed by atoms with Gasteiger partial charge >= 0.3 is 0 Å². The predicted molar refractivity (Wildman–Crippen MR) is 122 cm³/mol. The number of nitrogens with zero attached hydrogens (tertiary/aromatic N) is 8. The fraction of sp³-hybridized carbons (Fsp3) is 0.0455. The van der Waals surface area contributed by atoms with Crippen LogP contribution in [0.15, 0.2) is 67.9 Å². The monoisotopic (exact) mass is 490 g/mol. The molecule has 2 N–H and O–H groups in total. The van der Waals surface area contributed by atoms with Crippen LogP contribution in [0.25, 0.3) is 11.4 Å². The Balaban J connectivity index is 1.34. The van der Waals surface area contributed by atoms with Crippen molar-refractivity contribution >= 4 is 23.2 Å². The van der Waals surface area contributed by atoms with Gasteiger partial charge in [0.15, 0.2) is 11.6 Å². The zero-order valence-electron chi connectivity index (χ0n) is 18.5. The molecule has 5 rings (SSSR count). The molecule has 0 aliphatic heterocycles. The SMILES string of the molecule is Cn1ncc(C(=O)Nc2ccc(-n3cncn3)c(F)c2)c1C(=O)Nc1ccc(-n2cncn2)c(F)c1. The molecule has 0 saturated heterocycles. The Kier molecular flexibility index (Phi) is 5.74. The lowest BCUT2D eigenvalue weighted by atomic mass is 10.2. The van der Waals surface area contributed by atoms with Crippen LogP contribution in [0.2, 0.25) is 0 Å². The highest BCUT2D eigenvalue weighted by atomic mass is 19.1. The van der Waals surface area contributed by atoms with Crippen LogP contribution in [-0.2, 0) is 7.05 Å². The molecule has 180 valence electrons. The molecule has 0 fully saturated rings. The molecule has 12 nitrogen and oxygen atoms in total. The van der Waals surface area contributed by atoms with Crippen LogP contribution in [0.3, 0.4) is 0 Å². The van der Waals surface area contributed by atoms with Gasteiger partial charge < -0.3 is 10.6 Å². The summed E-state index contributed by atoms with van der Waals surface area (Å²) in [5.41, 5.74) is 0.465. The van der Waals surface area contributed by atoms with E-state index in [9.17, 15) is 18.4 Å². The minimum atomic E-state index is -0.694. The van der Waals surface area contributed by atoms with Crippen molar-refractivity contribution < 1.29 is 18.4 Å². The molecule has 2 aromatic carbocycles. The van der Waals surface area contributed by atoms with Gasteiger partial charge in [-0.3, -0.25) is 14.3 Å². The lowest BCUT2D eigenvalue weighted by Gasteiger charge is -2.10. The van der Waals surface area contributed by atoms with Crippen molar-refractivity contribution in [1.29, 1.82) is 0 Å². The number of amides is 2. The second-order valence-corrected chi connectivity index (χ2v) is 7.45. The van der Waals surface area contributed by atoms with Gasteiger partial charge in [-0.15, -0.1) is 0 Å². The fourth-order valence-electron chi connectivity index (χ4n) is 3.47. The standard InChI is InChI=1S/C22H16F2N10O2/c1-32-20(22(36)31-14-3-5-19(17(24)7-14)34-12-26-10-29-34)15(8-27-32)21(35)30-13-2-4-18(16(23)6-13)33-11-25-9-28-33/h2-12H,1H3,(H,30,35)(H,31,36). The maximum Gasteiger partial charge on any atom is 0.274 e. The van der Waals surface area contributed by atoms with Gasteiger partial charge in [-0.25, -0.2) is 28.1 Å². The molecule has 3 heterocycles. The van der Waals surface area contributed by atoms with Gasteiger partial charge in [-0.05, 0) is 36.4 Å². The van der Waals surface area contributed by atoms with E-state index in [1.807, 2.05) is 0 Å². The molecular formula is C22H16F2N10O2. The summed E-state index contributed by atoms with van der Waals surface area (Å²) >= 11 is 0. The lowest BCUT2D eigenvalue weighted by Crippen LogP contribution is -2.22. The molecule has 36 heavy (non-hydrogen) atoms. The van der Waals surface area contributed by atoms with Gasteiger partial charge in [0.1, 0.15) is 42.4 Å². The summed E-state index contributed by atoms with van der Waals surface area (Å²) in [5, 5.41) is 16.8. The molecule has 0 bridgehead atoms. The first-order valence-corrected chi connectivity index (χ1v) is 10.3. The van der Waals surface area contributed by atoms with Crippen molar-refractivity contribution in [3.63, 3.8) is 0 Å². The van der Waals surface area contributed by atoms with Crippen LogP contribution in [0.1, 0.15) is 20.8 Å². The van der Waals surface area contributed by atoms with Crippen LogP contribution in [0.5, 0.6) is 0 Å². The maximum absolute atomic E-state index is 14.5. The highest BCUT2D eigenvalue weighted by molar-refractivity contribution is 6.14. The molecule has 0 spiro atoms. The van der Waals surface area contributed by atoms with Gasteiger partial charge in [0.2, 0.25) is 0 Å². The van der Waals surface area contributed by atoms with Crippen LogP contribution >= 0.6 is 0 Å². The molecule has 5 aromatic rings. The first-order chi connectivity index (χ1) is 17.4. The number of aryl methyl sites for hydroxylation is 1. The molecule has 0 unspecified atom stereocenters. The Morgan fingerprint density at radius 1 is 0.778 bits per heavy atom. The minimum Gasteiger partial charge on any atom is -0.322 e. The number of carbonyl (C=O) groups excluding carboxylic acids is 2. The zero-order chi connectivity index (χ0) is 25.2. The first-order valence-electron chi connectivity index (χ1n) is 10.3. The van der Waals surface area contributed by atoms with Crippen LogP contribution in [0.4, 0.5) is 20.2 Å². The number of hydrogen-bond donors (Lipinski definition) is 2. The smallest absolute Gasteiger partial charge is 0.274 e. The maximum atomic E-state index is 14.5. The number of halogens is 2. The Hall–Kier alpha value is -5.27. The quantitative estimate of drug-likeness (QED) is 0.373. The van der Waals surface area contributed by atoms with Gasteiger partial charge in [-0.2, -0.15) is 15.3 Å². The second-order valence-electron chi connectivity index (χ2n) is 7.45. The topological polar surface area (TPSA) is 137 Å². The van der Waals surface area contributed by atoms with E-state index < -0.39 is 23.4 Å². The van der Waals surface area contributed by atoms with E-state index in [1.165, 1.54) is 76.9 Å². The van der Waals surface area contributed by atoms with E-state index in [4.69, 9.17) is 0 Å². The number of rotatable bonds is 6. The number of aromatic nitrogens is 8. The number of anilines is 2. The molecule has 0 saturated carbocycles. The van der Waals surface area contributed by atoms with Crippen LogP contribution < -0.4 is 10.6 Å². The summed E-state index contributed by atoms with van der Waals surface area (Å²) < 4.78 is 32.7. The zero-order valence-corrected chi connectivity index (χ0v) is 18.5. The average molecular weight is 490 g/mol. The highest BCUT2D eigenvalue weighted by Gasteiger charge is 2.23. The summed E-state index contributed by atoms with van der Waals surface area (Å²) in [4.78, 5) is 33.4. The van der Waals surface area contributed by atoms with E-state index in [0.29, 0.717) is 0 Å². The summed E-state index contributed by atoms with van der Waals surface area (Å²) in [6.45, 7) is 0. The lowest BCUT2D eigenvalue weighted by molar-refractivity contribution is 0.0985. The van der Waals surface area contributed by atoms with Crippen molar-refractivity contribution in [3.8, 4) is 11.4 Å². The Labute approximate surface area is 201 Å². The third-order valence-corrected chi connectivity index (χ3v) is 5.14. The van der Waals surface area contributed by atoms with E-state index in [-0.39, 0.29) is 34.0 Å². The third-order valence-electron chi connectivity index (χ3n) is 5.14. The third kappa shape index (κ3) is 4.29. The Morgan fingerprint density at radius 3 is 1.78 bits per heavy atom. The Bertz CT molecular complexity index is 1560.